The van der Waals surface area contributed by atoms with Crippen LogP contribution in [0.15, 0.2) is 30.6 Å². The molecule has 2 bridgehead atoms. The number of ether oxygens (including phenoxy) is 2. The van der Waals surface area contributed by atoms with E-state index in [0.717, 1.165) is 18.9 Å². The Hall–Kier alpha value is -3.14. The van der Waals surface area contributed by atoms with Crippen molar-refractivity contribution in [2.24, 2.45) is 0 Å². The quantitative estimate of drug-likeness (QED) is 0.579. The van der Waals surface area contributed by atoms with Crippen LogP contribution >= 0.6 is 0 Å². The average molecular weight is 460 g/mol. The van der Waals surface area contributed by atoms with Crippen LogP contribution in [-0.2, 0) is 10.2 Å². The van der Waals surface area contributed by atoms with Crippen molar-refractivity contribution in [3.63, 3.8) is 0 Å². The van der Waals surface area contributed by atoms with Crippen LogP contribution in [0, 0.1) is 5.82 Å². The summed E-state index contributed by atoms with van der Waals surface area (Å²) < 4.78 is 54.4. The molecule has 6 rings (SSSR count). The van der Waals surface area contributed by atoms with Crippen molar-refractivity contribution in [2.75, 3.05) is 11.9 Å². The Balaban J connectivity index is 1.54. The van der Waals surface area contributed by atoms with E-state index >= 15 is 4.39 Å². The number of pyridine rings is 2. The van der Waals surface area contributed by atoms with E-state index in [9.17, 15) is 13.6 Å². The molecular weight excluding hydrogens is 437 g/mol. The van der Waals surface area contributed by atoms with E-state index in [1.165, 1.54) is 22.7 Å². The highest BCUT2D eigenvalue weighted by atomic mass is 19.3. The number of fused-ring (bicyclic) bond motifs is 2. The Bertz CT molecular complexity index is 1250. The van der Waals surface area contributed by atoms with Crippen molar-refractivity contribution in [3.05, 3.63) is 53.4 Å². The number of aromatic nitrogens is 3. The summed E-state index contributed by atoms with van der Waals surface area (Å²) >= 11 is 0. The van der Waals surface area contributed by atoms with Gasteiger partial charge in [-0.25, -0.2) is 18.7 Å². The van der Waals surface area contributed by atoms with Crippen molar-refractivity contribution in [2.45, 2.75) is 57.2 Å². The summed E-state index contributed by atoms with van der Waals surface area (Å²) in [5, 5.41) is 2.46. The summed E-state index contributed by atoms with van der Waals surface area (Å²) in [6, 6.07) is 3.89. The summed E-state index contributed by atoms with van der Waals surface area (Å²) in [6.45, 7) is 5.98. The van der Waals surface area contributed by atoms with Gasteiger partial charge in [0.05, 0.1) is 24.0 Å². The van der Waals surface area contributed by atoms with Crippen molar-refractivity contribution < 1.29 is 27.4 Å². The number of hydrogen-bond donors (Lipinski definition) is 1. The van der Waals surface area contributed by atoms with Crippen LogP contribution in [0.1, 0.15) is 61.8 Å². The molecule has 1 amide bonds. The molecule has 2 saturated heterocycles. The van der Waals surface area contributed by atoms with Gasteiger partial charge in [-0.1, -0.05) is 6.07 Å². The van der Waals surface area contributed by atoms with E-state index in [4.69, 9.17) is 9.47 Å². The third-order valence-corrected chi connectivity index (χ3v) is 6.14. The summed E-state index contributed by atoms with van der Waals surface area (Å²) in [7, 11) is 0. The zero-order valence-corrected chi connectivity index (χ0v) is 18.4. The van der Waals surface area contributed by atoms with Crippen LogP contribution in [0.3, 0.4) is 0 Å². The molecule has 1 saturated carbocycles. The van der Waals surface area contributed by atoms with E-state index in [1.54, 1.807) is 20.0 Å². The van der Waals surface area contributed by atoms with Crippen molar-refractivity contribution >= 4 is 17.4 Å². The molecule has 0 spiro atoms. The fraction of sp³-hybridized carbons (Fsp3) is 0.435. The van der Waals surface area contributed by atoms with E-state index in [-0.39, 0.29) is 33.8 Å². The van der Waals surface area contributed by atoms with Gasteiger partial charge < -0.3 is 19.2 Å². The van der Waals surface area contributed by atoms with E-state index < -0.39 is 29.9 Å². The van der Waals surface area contributed by atoms with Crippen LogP contribution in [0.25, 0.3) is 5.65 Å². The van der Waals surface area contributed by atoms with Crippen LogP contribution in [-0.4, -0.2) is 38.6 Å². The van der Waals surface area contributed by atoms with Gasteiger partial charge in [0.2, 0.25) is 5.82 Å². The van der Waals surface area contributed by atoms with E-state index in [2.05, 4.69) is 15.3 Å². The summed E-state index contributed by atoms with van der Waals surface area (Å²) in [5.74, 6) is -1.83. The van der Waals surface area contributed by atoms with E-state index in [0.29, 0.717) is 12.3 Å². The lowest BCUT2D eigenvalue weighted by Gasteiger charge is -2.41. The third-order valence-electron chi connectivity index (χ3n) is 6.14. The maximum Gasteiger partial charge on any atom is 0.280 e. The molecule has 33 heavy (non-hydrogen) atoms. The second kappa shape index (κ2) is 7.44. The Labute approximate surface area is 187 Å². The normalized spacial score (nSPS) is 23.9. The Kier molecular flexibility index (Phi) is 4.89. The number of halogens is 3. The van der Waals surface area contributed by atoms with Crippen molar-refractivity contribution in [3.8, 4) is 5.75 Å². The number of hydrogen-bond acceptors (Lipinski definition) is 5. The number of nitrogens with zero attached hydrogens (tertiary/aromatic N) is 3. The number of carbonyl (C=O) groups is 1. The van der Waals surface area contributed by atoms with Gasteiger partial charge >= 0.3 is 0 Å². The predicted molar refractivity (Wildman–Crippen MR) is 113 cm³/mol. The molecule has 3 fully saturated rings. The lowest BCUT2D eigenvalue weighted by Crippen LogP contribution is -2.45. The Morgan fingerprint density at radius 3 is 2.64 bits per heavy atom. The first-order chi connectivity index (χ1) is 15.6. The lowest BCUT2D eigenvalue weighted by molar-refractivity contribution is 0.0154. The highest BCUT2D eigenvalue weighted by Crippen LogP contribution is 2.58. The predicted octanol–water partition coefficient (Wildman–Crippen LogP) is 4.67. The van der Waals surface area contributed by atoms with Gasteiger partial charge in [0.1, 0.15) is 17.1 Å². The number of imidazole rings is 1. The minimum Gasteiger partial charge on any atom is -0.487 e. The molecule has 3 aromatic heterocycles. The van der Waals surface area contributed by atoms with Gasteiger partial charge in [0.25, 0.3) is 12.3 Å². The van der Waals surface area contributed by atoms with Gasteiger partial charge in [-0.05, 0) is 45.7 Å². The van der Waals surface area contributed by atoms with Crippen molar-refractivity contribution in [1.82, 2.24) is 14.4 Å². The fourth-order valence-corrected chi connectivity index (χ4v) is 4.82. The summed E-state index contributed by atoms with van der Waals surface area (Å²) in [6.07, 6.45) is 1.55. The van der Waals surface area contributed by atoms with Gasteiger partial charge in [-0.3, -0.25) is 4.79 Å². The second-order valence-electron chi connectivity index (χ2n) is 9.28. The Morgan fingerprint density at radius 1 is 1.24 bits per heavy atom. The zero-order valence-electron chi connectivity index (χ0n) is 18.4. The minimum atomic E-state index is -2.79. The van der Waals surface area contributed by atoms with E-state index in [1.807, 2.05) is 6.92 Å². The Morgan fingerprint density at radius 2 is 2.00 bits per heavy atom. The summed E-state index contributed by atoms with van der Waals surface area (Å²) in [4.78, 5) is 21.3. The fourth-order valence-electron chi connectivity index (χ4n) is 4.82. The summed E-state index contributed by atoms with van der Waals surface area (Å²) in [5.41, 5.74) is -0.238. The van der Waals surface area contributed by atoms with Crippen LogP contribution < -0.4 is 10.1 Å². The topological polar surface area (TPSA) is 77.8 Å². The smallest absolute Gasteiger partial charge is 0.280 e. The van der Waals surface area contributed by atoms with Gasteiger partial charge in [0.15, 0.2) is 11.4 Å². The largest absolute Gasteiger partial charge is 0.487 e. The minimum absolute atomic E-state index is 0.0462. The molecule has 0 aromatic carbocycles. The number of carbonyl (C=O) groups excluding carboxylic acids is 1. The van der Waals surface area contributed by atoms with Crippen LogP contribution in [0.5, 0.6) is 5.75 Å². The first kappa shape index (κ1) is 21.7. The first-order valence-electron chi connectivity index (χ1n) is 10.7. The molecule has 3 aliphatic rings. The molecule has 3 aromatic rings. The number of alkyl halides is 2. The molecule has 174 valence electrons. The van der Waals surface area contributed by atoms with Crippen molar-refractivity contribution in [1.29, 1.82) is 0 Å². The van der Waals surface area contributed by atoms with Crippen LogP contribution in [0.2, 0.25) is 0 Å². The second-order valence-corrected chi connectivity index (χ2v) is 9.28. The molecule has 0 unspecified atom stereocenters. The molecule has 1 N–H and O–H groups in total. The van der Waals surface area contributed by atoms with Gasteiger partial charge in [-0.15, -0.1) is 0 Å². The molecular formula is C23H23F3N4O3. The molecule has 7 nitrogen and oxygen atoms in total. The third kappa shape index (κ3) is 3.62. The maximum absolute atomic E-state index is 15.5. The molecule has 2 aliphatic heterocycles. The molecule has 0 radical (unpaired) electrons. The SMILES string of the molecule is CC(C)Oc1c(C(=O)Nc2cccc(C(F)F)n2)cn2cc(C34COC(C)(C3)C4)nc2c1F. The average Bonchev–Trinajstić information content (AvgIpc) is 3.41. The first-order valence-corrected chi connectivity index (χ1v) is 10.7. The highest BCUT2D eigenvalue weighted by molar-refractivity contribution is 6.06. The number of amides is 1. The molecule has 5 heterocycles. The molecule has 0 atom stereocenters. The highest BCUT2D eigenvalue weighted by Gasteiger charge is 2.61. The number of anilines is 1. The van der Waals surface area contributed by atoms with Gasteiger partial charge in [0, 0.05) is 17.8 Å². The molecule has 10 heteroatoms. The number of nitrogens with one attached hydrogen (secondary N) is 1. The monoisotopic (exact) mass is 460 g/mol. The standard InChI is InChI=1S/C23H23F3N4O3/c1-12(2)33-18-13(21(31)29-16-6-4-5-14(27-16)19(25)26)7-30-8-15(28-20(30)17(18)24)23-9-22(3,10-23)32-11-23/h4-8,12,19H,9-11H2,1-3H3,(H,27,29,31). The lowest BCUT2D eigenvalue weighted by atomic mass is 9.62. The molecule has 1 aliphatic carbocycles. The van der Waals surface area contributed by atoms with Gasteiger partial charge in [-0.2, -0.15) is 4.39 Å². The zero-order chi connectivity index (χ0) is 23.5. The number of rotatable bonds is 6. The van der Waals surface area contributed by atoms with Crippen LogP contribution in [0.4, 0.5) is 19.0 Å². The maximum atomic E-state index is 15.5.